The van der Waals surface area contributed by atoms with E-state index < -0.39 is 0 Å². The topological polar surface area (TPSA) is 66.8 Å². The van der Waals surface area contributed by atoms with Crippen LogP contribution in [0.15, 0.2) is 29.1 Å². The van der Waals surface area contributed by atoms with Crippen molar-refractivity contribution in [3.8, 4) is 23.6 Å². The van der Waals surface area contributed by atoms with Gasteiger partial charge in [-0.05, 0) is 25.0 Å². The lowest BCUT2D eigenvalue weighted by molar-refractivity contribution is 0.721. The molecule has 0 bridgehead atoms. The molecule has 0 fully saturated rings. The highest BCUT2D eigenvalue weighted by molar-refractivity contribution is 5.90. The summed E-state index contributed by atoms with van der Waals surface area (Å²) in [6, 6.07) is 7.57. The van der Waals surface area contributed by atoms with E-state index in [0.717, 1.165) is 37.1 Å². The standard InChI is InChI=1S/C20H23N5O/c1-5-11-25(12-6-2)20-21-17-16(15-10-8-9-14(7-3)13-15)23-24(4)18(17)19(26)22-20/h3,8-10,13H,5-6,11-12H2,1-2,4H3,(H,21,22,26). The summed E-state index contributed by atoms with van der Waals surface area (Å²) in [6.07, 6.45) is 7.47. The lowest BCUT2D eigenvalue weighted by Gasteiger charge is -2.21. The maximum Gasteiger partial charge on any atom is 0.278 e. The Hall–Kier alpha value is -3.07. The van der Waals surface area contributed by atoms with Crippen LogP contribution in [0.3, 0.4) is 0 Å². The summed E-state index contributed by atoms with van der Waals surface area (Å²) in [5.41, 5.74) is 3.16. The lowest BCUT2D eigenvalue weighted by atomic mass is 10.1. The molecule has 0 aliphatic rings. The SMILES string of the molecule is C#Cc1cccc(-c2nn(C)c3c(=O)[nH]c(N(CCC)CCC)nc23)c1. The smallest absolute Gasteiger partial charge is 0.278 e. The van der Waals surface area contributed by atoms with Crippen LogP contribution in [0.2, 0.25) is 0 Å². The maximum atomic E-state index is 12.7. The molecule has 1 aromatic carbocycles. The largest absolute Gasteiger partial charge is 0.342 e. The second kappa shape index (κ2) is 7.44. The van der Waals surface area contributed by atoms with Crippen molar-refractivity contribution in [2.24, 2.45) is 7.05 Å². The number of benzene rings is 1. The van der Waals surface area contributed by atoms with Crippen LogP contribution >= 0.6 is 0 Å². The quantitative estimate of drug-likeness (QED) is 0.695. The molecule has 0 aliphatic carbocycles. The minimum atomic E-state index is -0.184. The van der Waals surface area contributed by atoms with E-state index in [0.29, 0.717) is 22.7 Å². The Kier molecular flexibility index (Phi) is 5.08. The summed E-state index contributed by atoms with van der Waals surface area (Å²) in [7, 11) is 1.75. The molecule has 3 rings (SSSR count). The predicted octanol–water partition coefficient (Wildman–Crippen LogP) is 2.93. The minimum Gasteiger partial charge on any atom is -0.342 e. The van der Waals surface area contributed by atoms with E-state index >= 15 is 0 Å². The first-order chi connectivity index (χ1) is 12.6. The Morgan fingerprint density at radius 3 is 2.65 bits per heavy atom. The van der Waals surface area contributed by atoms with E-state index in [1.165, 1.54) is 0 Å². The van der Waals surface area contributed by atoms with Crippen molar-refractivity contribution in [1.29, 1.82) is 0 Å². The molecule has 0 spiro atoms. The van der Waals surface area contributed by atoms with Gasteiger partial charge in [-0.3, -0.25) is 14.5 Å². The number of nitrogens with zero attached hydrogens (tertiary/aromatic N) is 4. The average Bonchev–Trinajstić information content (AvgIpc) is 2.98. The number of aromatic amines is 1. The van der Waals surface area contributed by atoms with Gasteiger partial charge in [-0.15, -0.1) is 6.42 Å². The Morgan fingerprint density at radius 1 is 1.27 bits per heavy atom. The molecule has 0 radical (unpaired) electrons. The highest BCUT2D eigenvalue weighted by atomic mass is 16.1. The van der Waals surface area contributed by atoms with Crippen molar-refractivity contribution < 1.29 is 0 Å². The molecule has 1 N–H and O–H groups in total. The van der Waals surface area contributed by atoms with Crippen molar-refractivity contribution >= 4 is 17.0 Å². The zero-order valence-electron chi connectivity index (χ0n) is 15.4. The molecule has 0 atom stereocenters. The summed E-state index contributed by atoms with van der Waals surface area (Å²) >= 11 is 0. The Labute approximate surface area is 152 Å². The molecule has 6 heteroatoms. The number of aryl methyl sites for hydroxylation is 1. The number of aromatic nitrogens is 4. The highest BCUT2D eigenvalue weighted by Crippen LogP contribution is 2.26. The zero-order valence-corrected chi connectivity index (χ0v) is 15.4. The molecule has 0 saturated heterocycles. The molecular weight excluding hydrogens is 326 g/mol. The fourth-order valence-corrected chi connectivity index (χ4v) is 3.13. The number of anilines is 1. The summed E-state index contributed by atoms with van der Waals surface area (Å²) < 4.78 is 1.58. The number of rotatable bonds is 6. The third-order valence-corrected chi connectivity index (χ3v) is 4.27. The third-order valence-electron chi connectivity index (χ3n) is 4.27. The summed E-state index contributed by atoms with van der Waals surface area (Å²) in [5, 5.41) is 4.54. The van der Waals surface area contributed by atoms with E-state index in [4.69, 9.17) is 11.4 Å². The normalized spacial score (nSPS) is 10.8. The Bertz CT molecular complexity index is 1020. The van der Waals surface area contributed by atoms with Gasteiger partial charge < -0.3 is 4.90 Å². The van der Waals surface area contributed by atoms with Crippen molar-refractivity contribution in [1.82, 2.24) is 19.7 Å². The number of nitrogens with one attached hydrogen (secondary N) is 1. The van der Waals surface area contributed by atoms with Gasteiger partial charge in [-0.1, -0.05) is 31.9 Å². The van der Waals surface area contributed by atoms with Crippen LogP contribution < -0.4 is 10.5 Å². The van der Waals surface area contributed by atoms with E-state index in [-0.39, 0.29) is 5.56 Å². The first-order valence-corrected chi connectivity index (χ1v) is 8.88. The van der Waals surface area contributed by atoms with Crippen LogP contribution in [0.25, 0.3) is 22.3 Å². The molecule has 3 aromatic rings. The molecule has 134 valence electrons. The van der Waals surface area contributed by atoms with Crippen molar-refractivity contribution in [3.05, 3.63) is 40.2 Å². The highest BCUT2D eigenvalue weighted by Gasteiger charge is 2.18. The number of hydrogen-bond donors (Lipinski definition) is 1. The van der Waals surface area contributed by atoms with Crippen molar-refractivity contribution in [2.45, 2.75) is 26.7 Å². The van der Waals surface area contributed by atoms with Gasteiger partial charge in [0.15, 0.2) is 5.52 Å². The Morgan fingerprint density at radius 2 is 2.00 bits per heavy atom. The predicted molar refractivity (Wildman–Crippen MR) is 105 cm³/mol. The first kappa shape index (κ1) is 17.7. The fraction of sp³-hybridized carbons (Fsp3) is 0.350. The van der Waals surface area contributed by atoms with Gasteiger partial charge in [0.25, 0.3) is 5.56 Å². The van der Waals surface area contributed by atoms with Crippen LogP contribution in [0.4, 0.5) is 5.95 Å². The number of H-pyrrole nitrogens is 1. The molecule has 0 saturated carbocycles. The number of terminal acetylenes is 1. The van der Waals surface area contributed by atoms with Gasteiger partial charge in [-0.25, -0.2) is 4.98 Å². The van der Waals surface area contributed by atoms with Crippen LogP contribution in [0.1, 0.15) is 32.3 Å². The Balaban J connectivity index is 2.22. The number of hydrogen-bond acceptors (Lipinski definition) is 4. The van der Waals surface area contributed by atoms with E-state index in [2.05, 4.69) is 34.8 Å². The summed E-state index contributed by atoms with van der Waals surface area (Å²) in [5.74, 6) is 3.23. The fourth-order valence-electron chi connectivity index (χ4n) is 3.13. The van der Waals surface area contributed by atoms with Gasteiger partial charge >= 0.3 is 0 Å². The first-order valence-electron chi connectivity index (χ1n) is 8.88. The van der Waals surface area contributed by atoms with Crippen molar-refractivity contribution in [2.75, 3.05) is 18.0 Å². The van der Waals surface area contributed by atoms with Crippen LogP contribution in [-0.2, 0) is 7.05 Å². The van der Waals surface area contributed by atoms with E-state index in [9.17, 15) is 4.79 Å². The average molecular weight is 349 g/mol. The minimum absolute atomic E-state index is 0.184. The molecule has 0 aliphatic heterocycles. The molecule has 2 aromatic heterocycles. The monoisotopic (exact) mass is 349 g/mol. The van der Waals surface area contributed by atoms with Crippen LogP contribution in [0, 0.1) is 12.3 Å². The second-order valence-corrected chi connectivity index (χ2v) is 6.27. The third kappa shape index (κ3) is 3.21. The lowest BCUT2D eigenvalue weighted by Crippen LogP contribution is -2.29. The summed E-state index contributed by atoms with van der Waals surface area (Å²) in [4.78, 5) is 22.5. The van der Waals surface area contributed by atoms with Gasteiger partial charge in [0, 0.05) is 31.3 Å². The van der Waals surface area contributed by atoms with Gasteiger partial charge in [0.1, 0.15) is 11.2 Å². The van der Waals surface area contributed by atoms with E-state index in [1.54, 1.807) is 11.7 Å². The molecular formula is C20H23N5O. The molecule has 0 amide bonds. The van der Waals surface area contributed by atoms with Crippen LogP contribution in [0.5, 0.6) is 0 Å². The molecule has 2 heterocycles. The van der Waals surface area contributed by atoms with Gasteiger partial charge in [-0.2, -0.15) is 5.10 Å². The van der Waals surface area contributed by atoms with Gasteiger partial charge in [0.2, 0.25) is 5.95 Å². The molecule has 6 nitrogen and oxygen atoms in total. The van der Waals surface area contributed by atoms with E-state index in [1.807, 2.05) is 24.3 Å². The maximum absolute atomic E-state index is 12.7. The number of fused-ring (bicyclic) bond motifs is 1. The molecule has 26 heavy (non-hydrogen) atoms. The van der Waals surface area contributed by atoms with Crippen molar-refractivity contribution in [3.63, 3.8) is 0 Å². The van der Waals surface area contributed by atoms with Crippen LogP contribution in [-0.4, -0.2) is 32.8 Å². The zero-order chi connectivity index (χ0) is 18.7. The summed E-state index contributed by atoms with van der Waals surface area (Å²) in [6.45, 7) is 5.90. The molecule has 0 unspecified atom stereocenters. The van der Waals surface area contributed by atoms with Gasteiger partial charge in [0.05, 0.1) is 0 Å². The second-order valence-electron chi connectivity index (χ2n) is 6.27.